The molecule has 0 spiro atoms. The smallest absolute Gasteiger partial charge is 0.193 e. The minimum absolute atomic E-state index is 0.464. The molecule has 0 radical (unpaired) electrons. The summed E-state index contributed by atoms with van der Waals surface area (Å²) in [4.78, 5) is 5.78. The van der Waals surface area contributed by atoms with E-state index in [0.717, 1.165) is 17.9 Å². The first-order valence-electron chi connectivity index (χ1n) is 6.89. The number of aromatic nitrogens is 2. The topological polar surface area (TPSA) is 29.3 Å². The second kappa shape index (κ2) is 5.77. The molecule has 3 nitrogen and oxygen atoms in total. The van der Waals surface area contributed by atoms with Crippen molar-refractivity contribution in [1.29, 1.82) is 0 Å². The third kappa shape index (κ3) is 2.62. The molecule has 1 N–H and O–H groups in total. The van der Waals surface area contributed by atoms with Gasteiger partial charge in [-0.05, 0) is 31.5 Å². The molecule has 1 aromatic carbocycles. The van der Waals surface area contributed by atoms with Crippen LogP contribution >= 0.6 is 11.3 Å². The maximum absolute atomic E-state index is 4.70. The quantitative estimate of drug-likeness (QED) is 0.779. The van der Waals surface area contributed by atoms with Crippen molar-refractivity contribution in [3.8, 4) is 0 Å². The van der Waals surface area contributed by atoms with Crippen LogP contribution in [0.3, 0.4) is 0 Å². The van der Waals surface area contributed by atoms with Gasteiger partial charge in [0, 0.05) is 30.2 Å². The Bertz CT molecular complexity index is 670. The predicted molar refractivity (Wildman–Crippen MR) is 84.6 cm³/mol. The zero-order chi connectivity index (χ0) is 13.9. The van der Waals surface area contributed by atoms with Crippen molar-refractivity contribution >= 4 is 16.3 Å². The maximum Gasteiger partial charge on any atom is 0.193 e. The van der Waals surface area contributed by atoms with E-state index < -0.39 is 0 Å². The molecule has 4 heteroatoms. The Morgan fingerprint density at radius 3 is 2.95 bits per heavy atom. The highest BCUT2D eigenvalue weighted by atomic mass is 32.1. The Kier molecular flexibility index (Phi) is 3.85. The van der Waals surface area contributed by atoms with Crippen LogP contribution in [0.25, 0.3) is 4.96 Å². The van der Waals surface area contributed by atoms with Gasteiger partial charge in [-0.1, -0.05) is 24.3 Å². The van der Waals surface area contributed by atoms with E-state index >= 15 is 0 Å². The highest BCUT2D eigenvalue weighted by molar-refractivity contribution is 7.15. The second-order valence-corrected chi connectivity index (χ2v) is 6.01. The van der Waals surface area contributed by atoms with Crippen molar-refractivity contribution in [2.75, 3.05) is 13.6 Å². The molecule has 0 bridgehead atoms. The van der Waals surface area contributed by atoms with Gasteiger partial charge in [-0.25, -0.2) is 4.98 Å². The lowest BCUT2D eigenvalue weighted by Gasteiger charge is -2.18. The summed E-state index contributed by atoms with van der Waals surface area (Å²) in [7, 11) is 2.01. The van der Waals surface area contributed by atoms with E-state index in [1.54, 1.807) is 11.3 Å². The summed E-state index contributed by atoms with van der Waals surface area (Å²) in [6.07, 6.45) is 5.18. The third-order valence-corrected chi connectivity index (χ3v) is 4.45. The molecule has 0 saturated heterocycles. The van der Waals surface area contributed by atoms with Crippen molar-refractivity contribution in [1.82, 2.24) is 14.7 Å². The van der Waals surface area contributed by atoms with Crippen molar-refractivity contribution in [2.24, 2.45) is 0 Å². The number of nitrogens with zero attached hydrogens (tertiary/aromatic N) is 2. The van der Waals surface area contributed by atoms with Gasteiger partial charge < -0.3 is 5.32 Å². The number of thiazole rings is 1. The minimum Gasteiger partial charge on any atom is -0.319 e. The van der Waals surface area contributed by atoms with E-state index in [1.807, 2.05) is 7.05 Å². The normalized spacial score (nSPS) is 12.9. The van der Waals surface area contributed by atoms with Crippen LogP contribution in [0.1, 0.15) is 22.7 Å². The van der Waals surface area contributed by atoms with Gasteiger partial charge in [0.25, 0.3) is 0 Å². The van der Waals surface area contributed by atoms with Crippen LogP contribution in [0.15, 0.2) is 42.0 Å². The van der Waals surface area contributed by atoms with Gasteiger partial charge in [-0.15, -0.1) is 11.3 Å². The Morgan fingerprint density at radius 2 is 2.20 bits per heavy atom. The summed E-state index contributed by atoms with van der Waals surface area (Å²) in [6, 6.07) is 8.64. The first-order valence-corrected chi connectivity index (χ1v) is 7.77. The predicted octanol–water partition coefficient (Wildman–Crippen LogP) is 3.25. The summed E-state index contributed by atoms with van der Waals surface area (Å²) in [5.74, 6) is 0.464. The average Bonchev–Trinajstić information content (AvgIpc) is 3.00. The molecule has 0 fully saturated rings. The number of hydrogen-bond donors (Lipinski definition) is 1. The summed E-state index contributed by atoms with van der Waals surface area (Å²) in [5.41, 5.74) is 3.94. The highest BCUT2D eigenvalue weighted by Crippen LogP contribution is 2.24. The van der Waals surface area contributed by atoms with E-state index in [2.05, 4.69) is 58.7 Å². The molecule has 0 aliphatic rings. The molecule has 0 saturated carbocycles. The van der Waals surface area contributed by atoms with Gasteiger partial charge in [0.05, 0.1) is 5.69 Å². The third-order valence-electron chi connectivity index (χ3n) is 3.68. The standard InChI is InChI=1S/C16H19N3S/c1-12-5-3-4-6-15(12)13(10-17-2)9-14-11-19-7-8-20-16(19)18-14/h3-8,11,13,17H,9-10H2,1-2H3. The van der Waals surface area contributed by atoms with Crippen molar-refractivity contribution in [3.05, 3.63) is 58.9 Å². The number of hydrogen-bond acceptors (Lipinski definition) is 3. The van der Waals surface area contributed by atoms with Gasteiger partial charge in [0.15, 0.2) is 4.96 Å². The molecule has 0 aliphatic heterocycles. The van der Waals surface area contributed by atoms with E-state index in [0.29, 0.717) is 5.92 Å². The number of rotatable bonds is 5. The highest BCUT2D eigenvalue weighted by Gasteiger charge is 2.15. The molecule has 1 unspecified atom stereocenters. The lowest BCUT2D eigenvalue weighted by Crippen LogP contribution is -2.20. The van der Waals surface area contributed by atoms with E-state index in [4.69, 9.17) is 4.98 Å². The number of fused-ring (bicyclic) bond motifs is 1. The molecular weight excluding hydrogens is 266 g/mol. The molecule has 2 heterocycles. The van der Waals surface area contributed by atoms with E-state index in [1.165, 1.54) is 16.8 Å². The Balaban J connectivity index is 1.87. The fourth-order valence-electron chi connectivity index (χ4n) is 2.71. The van der Waals surface area contributed by atoms with Gasteiger partial charge in [-0.2, -0.15) is 0 Å². The largest absolute Gasteiger partial charge is 0.319 e. The second-order valence-electron chi connectivity index (χ2n) is 5.14. The first-order chi connectivity index (χ1) is 9.78. The fourth-order valence-corrected chi connectivity index (χ4v) is 3.43. The van der Waals surface area contributed by atoms with Crippen molar-refractivity contribution in [2.45, 2.75) is 19.3 Å². The van der Waals surface area contributed by atoms with Crippen molar-refractivity contribution in [3.63, 3.8) is 0 Å². The molecule has 0 amide bonds. The Morgan fingerprint density at radius 1 is 1.35 bits per heavy atom. The molecule has 3 rings (SSSR count). The number of benzene rings is 1. The van der Waals surface area contributed by atoms with E-state index in [-0.39, 0.29) is 0 Å². The number of imidazole rings is 1. The van der Waals surface area contributed by atoms with Crippen LogP contribution in [0.4, 0.5) is 0 Å². The van der Waals surface area contributed by atoms with Gasteiger partial charge in [0.2, 0.25) is 0 Å². The van der Waals surface area contributed by atoms with Gasteiger partial charge >= 0.3 is 0 Å². The monoisotopic (exact) mass is 285 g/mol. The van der Waals surface area contributed by atoms with Crippen LogP contribution in [0, 0.1) is 6.92 Å². The molecule has 2 aromatic heterocycles. The summed E-state index contributed by atoms with van der Waals surface area (Å²) in [6.45, 7) is 3.15. The summed E-state index contributed by atoms with van der Waals surface area (Å²) in [5, 5.41) is 5.38. The van der Waals surface area contributed by atoms with Crippen LogP contribution in [-0.2, 0) is 6.42 Å². The van der Waals surface area contributed by atoms with E-state index in [9.17, 15) is 0 Å². The van der Waals surface area contributed by atoms with Crippen molar-refractivity contribution < 1.29 is 0 Å². The number of likely N-dealkylation sites (N-methyl/N-ethyl adjacent to an activating group) is 1. The Hall–Kier alpha value is -1.65. The zero-order valence-electron chi connectivity index (χ0n) is 11.8. The lowest BCUT2D eigenvalue weighted by atomic mass is 9.91. The molecule has 1 atom stereocenters. The summed E-state index contributed by atoms with van der Waals surface area (Å²) < 4.78 is 2.11. The molecular formula is C16H19N3S. The molecule has 0 aliphatic carbocycles. The van der Waals surface area contributed by atoms with Crippen LogP contribution in [-0.4, -0.2) is 23.0 Å². The number of nitrogens with one attached hydrogen (secondary N) is 1. The first kappa shape index (κ1) is 13.3. The van der Waals surface area contributed by atoms with Gasteiger partial charge in [0.1, 0.15) is 0 Å². The minimum atomic E-state index is 0.464. The lowest BCUT2D eigenvalue weighted by molar-refractivity contribution is 0.617. The number of aryl methyl sites for hydroxylation is 1. The van der Waals surface area contributed by atoms with Crippen LogP contribution < -0.4 is 5.32 Å². The average molecular weight is 285 g/mol. The SMILES string of the molecule is CNCC(Cc1cn2ccsc2n1)c1ccccc1C. The molecule has 3 aromatic rings. The maximum atomic E-state index is 4.70. The fraction of sp³-hybridized carbons (Fsp3) is 0.312. The van der Waals surface area contributed by atoms with Crippen LogP contribution in [0.5, 0.6) is 0 Å². The Labute approximate surface area is 123 Å². The van der Waals surface area contributed by atoms with Crippen LogP contribution in [0.2, 0.25) is 0 Å². The molecule has 104 valence electrons. The summed E-state index contributed by atoms with van der Waals surface area (Å²) >= 11 is 1.68. The molecule has 20 heavy (non-hydrogen) atoms. The van der Waals surface area contributed by atoms with Gasteiger partial charge in [-0.3, -0.25) is 4.40 Å². The zero-order valence-corrected chi connectivity index (χ0v) is 12.7.